The van der Waals surface area contributed by atoms with E-state index in [1.54, 1.807) is 6.07 Å². The van der Waals surface area contributed by atoms with Crippen molar-refractivity contribution in [2.75, 3.05) is 46.3 Å². The molecule has 0 spiro atoms. The molecule has 0 radical (unpaired) electrons. The quantitative estimate of drug-likeness (QED) is 0.751. The number of hydrogen-bond donors (Lipinski definition) is 0. The van der Waals surface area contributed by atoms with E-state index in [0.717, 1.165) is 43.9 Å². The molecule has 3 rings (SSSR count). The van der Waals surface area contributed by atoms with Gasteiger partial charge < -0.3 is 9.80 Å². The van der Waals surface area contributed by atoms with Crippen LogP contribution in [0.4, 0.5) is 4.39 Å². The Kier molecular flexibility index (Phi) is 6.96. The molecule has 2 aromatic rings. The first-order chi connectivity index (χ1) is 13.1. The molecule has 0 aromatic heterocycles. The summed E-state index contributed by atoms with van der Waals surface area (Å²) in [5, 5.41) is 0. The molecular weight excluding hydrogens is 341 g/mol. The van der Waals surface area contributed by atoms with Gasteiger partial charge in [-0.25, -0.2) is 4.39 Å². The lowest BCUT2D eigenvalue weighted by Gasteiger charge is -2.34. The van der Waals surface area contributed by atoms with Gasteiger partial charge in [-0.3, -0.25) is 9.69 Å². The highest BCUT2D eigenvalue weighted by molar-refractivity contribution is 5.78. The fourth-order valence-corrected chi connectivity index (χ4v) is 3.36. The normalized spacial score (nSPS) is 15.6. The fraction of sp³-hybridized carbons (Fsp3) is 0.409. The van der Waals surface area contributed by atoms with E-state index in [1.165, 1.54) is 12.1 Å². The molecule has 144 valence electrons. The number of halogens is 1. The maximum atomic E-state index is 13.5. The highest BCUT2D eigenvalue weighted by Crippen LogP contribution is 2.10. The van der Waals surface area contributed by atoms with Crippen molar-refractivity contribution in [2.45, 2.75) is 13.0 Å². The van der Waals surface area contributed by atoms with Crippen LogP contribution in [0, 0.1) is 5.82 Å². The second-order valence-corrected chi connectivity index (χ2v) is 7.25. The maximum Gasteiger partial charge on any atom is 0.227 e. The maximum absolute atomic E-state index is 13.5. The van der Waals surface area contributed by atoms with E-state index in [1.807, 2.05) is 41.3 Å². The number of carbonyl (C=O) groups is 1. The van der Waals surface area contributed by atoms with E-state index < -0.39 is 0 Å². The number of hydrogen-bond acceptors (Lipinski definition) is 3. The van der Waals surface area contributed by atoms with Gasteiger partial charge in [0, 0.05) is 45.8 Å². The number of nitrogens with zero attached hydrogens (tertiary/aromatic N) is 3. The number of rotatable bonds is 7. The zero-order valence-electron chi connectivity index (χ0n) is 16.0. The highest BCUT2D eigenvalue weighted by atomic mass is 19.1. The van der Waals surface area contributed by atoms with Crippen molar-refractivity contribution >= 4 is 5.91 Å². The van der Waals surface area contributed by atoms with Gasteiger partial charge in [0.25, 0.3) is 0 Å². The summed E-state index contributed by atoms with van der Waals surface area (Å²) in [5.41, 5.74) is 1.83. The standard InChI is InChI=1S/C22H28FN3O/c1-24-10-12-25(13-11-24)14-15-26(18-19-6-3-2-4-7-19)22(27)17-20-8-5-9-21(23)16-20/h2-9,16H,10-15,17-18H2,1H3. The average molecular weight is 369 g/mol. The van der Waals surface area contributed by atoms with Crippen LogP contribution in [0.25, 0.3) is 0 Å². The number of benzene rings is 2. The Labute approximate surface area is 161 Å². The third-order valence-corrected chi connectivity index (χ3v) is 5.10. The number of piperazine rings is 1. The van der Waals surface area contributed by atoms with Crippen LogP contribution >= 0.6 is 0 Å². The van der Waals surface area contributed by atoms with E-state index in [9.17, 15) is 9.18 Å². The molecule has 0 bridgehead atoms. The Bertz CT molecular complexity index is 729. The molecule has 1 fully saturated rings. The minimum absolute atomic E-state index is 0.0404. The lowest BCUT2D eigenvalue weighted by molar-refractivity contribution is -0.131. The lowest BCUT2D eigenvalue weighted by atomic mass is 10.1. The minimum Gasteiger partial charge on any atom is -0.337 e. The number of carbonyl (C=O) groups excluding carboxylic acids is 1. The molecular formula is C22H28FN3O. The van der Waals surface area contributed by atoms with Crippen LogP contribution in [0.3, 0.4) is 0 Å². The van der Waals surface area contributed by atoms with Gasteiger partial charge >= 0.3 is 0 Å². The Morgan fingerprint density at radius 3 is 2.41 bits per heavy atom. The molecule has 0 aliphatic carbocycles. The Morgan fingerprint density at radius 1 is 1.00 bits per heavy atom. The van der Waals surface area contributed by atoms with Crippen LogP contribution in [-0.2, 0) is 17.8 Å². The molecule has 2 aromatic carbocycles. The average Bonchev–Trinajstić information content (AvgIpc) is 2.67. The van der Waals surface area contributed by atoms with E-state index in [4.69, 9.17) is 0 Å². The Balaban J connectivity index is 1.64. The molecule has 0 atom stereocenters. The third kappa shape index (κ3) is 6.15. The summed E-state index contributed by atoms with van der Waals surface area (Å²) in [6.45, 7) is 6.35. The monoisotopic (exact) mass is 369 g/mol. The largest absolute Gasteiger partial charge is 0.337 e. The minimum atomic E-state index is -0.299. The molecule has 1 amide bonds. The van der Waals surface area contributed by atoms with Gasteiger partial charge in [0.1, 0.15) is 5.82 Å². The topological polar surface area (TPSA) is 26.8 Å². The summed E-state index contributed by atoms with van der Waals surface area (Å²) in [5.74, 6) is -0.258. The molecule has 1 saturated heterocycles. The summed E-state index contributed by atoms with van der Waals surface area (Å²) in [6.07, 6.45) is 0.229. The van der Waals surface area contributed by atoms with Crippen LogP contribution in [0.15, 0.2) is 54.6 Å². The highest BCUT2D eigenvalue weighted by Gasteiger charge is 2.18. The van der Waals surface area contributed by atoms with Gasteiger partial charge in [0.15, 0.2) is 0 Å². The van der Waals surface area contributed by atoms with E-state index >= 15 is 0 Å². The molecule has 1 heterocycles. The first-order valence-electron chi connectivity index (χ1n) is 9.57. The first-order valence-corrected chi connectivity index (χ1v) is 9.57. The Morgan fingerprint density at radius 2 is 1.70 bits per heavy atom. The molecule has 0 unspecified atom stereocenters. The molecule has 27 heavy (non-hydrogen) atoms. The SMILES string of the molecule is CN1CCN(CCN(Cc2ccccc2)C(=O)Cc2cccc(F)c2)CC1. The van der Waals surface area contributed by atoms with E-state index in [0.29, 0.717) is 13.1 Å². The summed E-state index contributed by atoms with van der Waals surface area (Å²) < 4.78 is 13.5. The zero-order chi connectivity index (χ0) is 19.1. The zero-order valence-corrected chi connectivity index (χ0v) is 16.0. The van der Waals surface area contributed by atoms with Crippen molar-refractivity contribution in [3.8, 4) is 0 Å². The van der Waals surface area contributed by atoms with Gasteiger partial charge in [0.05, 0.1) is 6.42 Å². The second kappa shape index (κ2) is 9.62. The Hall–Kier alpha value is -2.24. The van der Waals surface area contributed by atoms with Crippen LogP contribution < -0.4 is 0 Å². The summed E-state index contributed by atoms with van der Waals surface area (Å²) in [7, 11) is 2.14. The lowest BCUT2D eigenvalue weighted by Crippen LogP contribution is -2.47. The molecule has 1 aliphatic heterocycles. The summed E-state index contributed by atoms with van der Waals surface area (Å²) in [6, 6.07) is 16.4. The molecule has 4 nitrogen and oxygen atoms in total. The van der Waals surface area contributed by atoms with Gasteiger partial charge in [-0.1, -0.05) is 42.5 Å². The van der Waals surface area contributed by atoms with Crippen molar-refractivity contribution in [1.29, 1.82) is 0 Å². The van der Waals surface area contributed by atoms with Crippen LogP contribution in [0.1, 0.15) is 11.1 Å². The smallest absolute Gasteiger partial charge is 0.227 e. The van der Waals surface area contributed by atoms with Crippen molar-refractivity contribution in [3.05, 3.63) is 71.5 Å². The van der Waals surface area contributed by atoms with Gasteiger partial charge in [-0.15, -0.1) is 0 Å². The number of likely N-dealkylation sites (N-methyl/N-ethyl adjacent to an activating group) is 1. The fourth-order valence-electron chi connectivity index (χ4n) is 3.36. The molecule has 0 N–H and O–H groups in total. The number of amides is 1. The molecule has 5 heteroatoms. The van der Waals surface area contributed by atoms with Crippen LogP contribution in [-0.4, -0.2) is 66.9 Å². The summed E-state index contributed by atoms with van der Waals surface area (Å²) >= 11 is 0. The van der Waals surface area contributed by atoms with E-state index in [-0.39, 0.29) is 18.1 Å². The van der Waals surface area contributed by atoms with Crippen molar-refractivity contribution in [3.63, 3.8) is 0 Å². The predicted molar refractivity (Wildman–Crippen MR) is 106 cm³/mol. The van der Waals surface area contributed by atoms with Gasteiger partial charge in [0.2, 0.25) is 5.91 Å². The molecule has 1 aliphatic rings. The van der Waals surface area contributed by atoms with Crippen molar-refractivity contribution < 1.29 is 9.18 Å². The van der Waals surface area contributed by atoms with Gasteiger partial charge in [-0.2, -0.15) is 0 Å². The predicted octanol–water partition coefficient (Wildman–Crippen LogP) is 2.64. The van der Waals surface area contributed by atoms with Crippen molar-refractivity contribution in [2.24, 2.45) is 0 Å². The third-order valence-electron chi connectivity index (χ3n) is 5.10. The van der Waals surface area contributed by atoms with Crippen LogP contribution in [0.2, 0.25) is 0 Å². The first kappa shape index (κ1) is 19.5. The van der Waals surface area contributed by atoms with Crippen LogP contribution in [0.5, 0.6) is 0 Å². The molecule has 0 saturated carbocycles. The van der Waals surface area contributed by atoms with Gasteiger partial charge in [-0.05, 0) is 30.3 Å². The summed E-state index contributed by atoms with van der Waals surface area (Å²) in [4.78, 5) is 19.6. The van der Waals surface area contributed by atoms with Crippen molar-refractivity contribution in [1.82, 2.24) is 14.7 Å². The second-order valence-electron chi connectivity index (χ2n) is 7.25. The van der Waals surface area contributed by atoms with E-state index in [2.05, 4.69) is 16.8 Å².